The van der Waals surface area contributed by atoms with Crippen molar-refractivity contribution in [2.24, 2.45) is 0 Å². The van der Waals surface area contributed by atoms with Crippen LogP contribution in [0, 0.1) is 0 Å². The molecule has 3 rings (SSSR count). The summed E-state index contributed by atoms with van der Waals surface area (Å²) in [4.78, 5) is 17.0. The molecule has 1 saturated carbocycles. The van der Waals surface area contributed by atoms with Gasteiger partial charge in [0.15, 0.2) is 0 Å². The van der Waals surface area contributed by atoms with E-state index >= 15 is 0 Å². The molecule has 94 valence electrons. The van der Waals surface area contributed by atoms with Gasteiger partial charge in [0.05, 0.1) is 10.6 Å². The van der Waals surface area contributed by atoms with E-state index in [0.29, 0.717) is 15.1 Å². The summed E-state index contributed by atoms with van der Waals surface area (Å²) in [5.74, 6) is -0.553. The summed E-state index contributed by atoms with van der Waals surface area (Å²) in [7, 11) is 0. The van der Waals surface area contributed by atoms with Gasteiger partial charge in [-0.25, -0.2) is 9.78 Å². The lowest BCUT2D eigenvalue weighted by molar-refractivity contribution is 0.0700. The lowest BCUT2D eigenvalue weighted by Gasteiger charge is -1.91. The van der Waals surface area contributed by atoms with Crippen molar-refractivity contribution in [2.45, 2.75) is 18.8 Å². The molecule has 0 amide bonds. The molecule has 0 aromatic carbocycles. The molecule has 2 aromatic rings. The van der Waals surface area contributed by atoms with E-state index in [1.54, 1.807) is 0 Å². The Hall–Kier alpha value is -0.430. The lowest BCUT2D eigenvalue weighted by Crippen LogP contribution is -1.97. The van der Waals surface area contributed by atoms with E-state index < -0.39 is 5.97 Å². The maximum Gasteiger partial charge on any atom is 0.347 e. The van der Waals surface area contributed by atoms with Gasteiger partial charge < -0.3 is 5.11 Å². The van der Waals surface area contributed by atoms with Gasteiger partial charge in [-0.3, -0.25) is 0 Å². The third kappa shape index (κ3) is 2.22. The molecular weight excluding hydrogens is 358 g/mol. The van der Waals surface area contributed by atoms with E-state index in [2.05, 4.69) is 20.9 Å². The third-order valence-electron chi connectivity index (χ3n) is 2.67. The standard InChI is InChI=1S/C11H7BrClNO2S2/c12-5-3-6(17-9(5)13)10-14-7(4-1-2-4)8(18-10)11(15)16/h3-4H,1-2H2,(H,15,16). The topological polar surface area (TPSA) is 50.2 Å². The zero-order chi connectivity index (χ0) is 12.9. The minimum absolute atomic E-state index is 0.333. The first-order valence-corrected chi connectivity index (χ1v) is 8.06. The summed E-state index contributed by atoms with van der Waals surface area (Å²) >= 11 is 12.0. The normalized spacial score (nSPS) is 15.0. The molecule has 0 bridgehead atoms. The molecule has 1 aliphatic rings. The number of aromatic nitrogens is 1. The Morgan fingerprint density at radius 1 is 1.50 bits per heavy atom. The predicted molar refractivity (Wildman–Crippen MR) is 77.1 cm³/mol. The number of rotatable bonds is 3. The van der Waals surface area contributed by atoms with E-state index in [1.807, 2.05) is 6.07 Å². The zero-order valence-electron chi connectivity index (χ0n) is 8.94. The smallest absolute Gasteiger partial charge is 0.347 e. The van der Waals surface area contributed by atoms with Crippen LogP contribution >= 0.6 is 50.2 Å². The number of hydrogen-bond donors (Lipinski definition) is 1. The Kier molecular flexibility index (Phi) is 3.21. The van der Waals surface area contributed by atoms with Gasteiger partial charge in [-0.1, -0.05) is 11.6 Å². The van der Waals surface area contributed by atoms with Gasteiger partial charge in [-0.15, -0.1) is 22.7 Å². The molecule has 1 N–H and O–H groups in total. The van der Waals surface area contributed by atoms with Crippen molar-refractivity contribution < 1.29 is 9.90 Å². The molecule has 3 nitrogen and oxygen atoms in total. The highest BCUT2D eigenvalue weighted by Gasteiger charge is 2.32. The third-order valence-corrected chi connectivity index (χ3v) is 6.37. The number of carbonyl (C=O) groups is 1. The summed E-state index contributed by atoms with van der Waals surface area (Å²) in [6.45, 7) is 0. The van der Waals surface area contributed by atoms with Crippen molar-refractivity contribution in [3.05, 3.63) is 25.4 Å². The van der Waals surface area contributed by atoms with Gasteiger partial charge >= 0.3 is 5.97 Å². The van der Waals surface area contributed by atoms with Crippen LogP contribution in [0.15, 0.2) is 10.5 Å². The number of carboxylic acid groups (broad SMARTS) is 1. The number of thiophene rings is 1. The molecule has 0 unspecified atom stereocenters. The van der Waals surface area contributed by atoms with Crippen LogP contribution in [0.4, 0.5) is 0 Å². The van der Waals surface area contributed by atoms with Crippen LogP contribution in [0.2, 0.25) is 4.34 Å². The van der Waals surface area contributed by atoms with E-state index in [1.165, 1.54) is 22.7 Å². The maximum absolute atomic E-state index is 11.2. The summed E-state index contributed by atoms with van der Waals surface area (Å²) in [5.41, 5.74) is 0.739. The molecular formula is C11H7BrClNO2S2. The van der Waals surface area contributed by atoms with Crippen LogP contribution < -0.4 is 0 Å². The summed E-state index contributed by atoms with van der Waals surface area (Å²) < 4.78 is 1.48. The van der Waals surface area contributed by atoms with Crippen molar-refractivity contribution in [1.82, 2.24) is 4.98 Å². The Morgan fingerprint density at radius 2 is 2.22 bits per heavy atom. The Balaban J connectivity index is 2.07. The van der Waals surface area contributed by atoms with Crippen molar-refractivity contribution in [2.75, 3.05) is 0 Å². The fourth-order valence-corrected chi connectivity index (χ4v) is 4.41. The molecule has 0 radical (unpaired) electrons. The van der Waals surface area contributed by atoms with Crippen molar-refractivity contribution in [3.63, 3.8) is 0 Å². The molecule has 7 heteroatoms. The minimum Gasteiger partial charge on any atom is -0.477 e. The number of thiazole rings is 1. The van der Waals surface area contributed by atoms with E-state index in [4.69, 9.17) is 11.6 Å². The maximum atomic E-state index is 11.2. The van der Waals surface area contributed by atoms with Gasteiger partial charge in [0.1, 0.15) is 14.2 Å². The summed E-state index contributed by atoms with van der Waals surface area (Å²) in [5, 5.41) is 9.94. The van der Waals surface area contributed by atoms with Gasteiger partial charge in [0, 0.05) is 10.4 Å². The zero-order valence-corrected chi connectivity index (χ0v) is 12.9. The number of hydrogen-bond acceptors (Lipinski definition) is 4. The predicted octanol–water partition coefficient (Wildman–Crippen LogP) is 4.86. The molecule has 0 aliphatic heterocycles. The van der Waals surface area contributed by atoms with Crippen molar-refractivity contribution >= 4 is 56.2 Å². The summed E-state index contributed by atoms with van der Waals surface area (Å²) in [6.07, 6.45) is 2.08. The van der Waals surface area contributed by atoms with E-state index in [9.17, 15) is 9.90 Å². The Labute approximate surface area is 125 Å². The second kappa shape index (κ2) is 4.59. The van der Waals surface area contributed by atoms with Gasteiger partial charge in [-0.2, -0.15) is 0 Å². The number of aromatic carboxylic acids is 1. The van der Waals surface area contributed by atoms with E-state index in [-0.39, 0.29) is 0 Å². The highest BCUT2D eigenvalue weighted by Crippen LogP contribution is 2.46. The van der Waals surface area contributed by atoms with Crippen LogP contribution in [0.1, 0.15) is 34.1 Å². The van der Waals surface area contributed by atoms with Crippen molar-refractivity contribution in [3.8, 4) is 9.88 Å². The molecule has 0 saturated heterocycles. The molecule has 2 heterocycles. The first kappa shape index (κ1) is 12.6. The van der Waals surface area contributed by atoms with Crippen molar-refractivity contribution in [1.29, 1.82) is 0 Å². The van der Waals surface area contributed by atoms with Crippen LogP contribution in [0.3, 0.4) is 0 Å². The number of halogens is 2. The summed E-state index contributed by atoms with van der Waals surface area (Å²) in [6, 6.07) is 1.88. The van der Waals surface area contributed by atoms with Gasteiger partial charge in [-0.05, 0) is 34.8 Å². The molecule has 18 heavy (non-hydrogen) atoms. The molecule has 0 atom stereocenters. The quantitative estimate of drug-likeness (QED) is 0.846. The second-order valence-electron chi connectivity index (χ2n) is 4.05. The Morgan fingerprint density at radius 3 is 2.72 bits per heavy atom. The number of nitrogens with zero attached hydrogens (tertiary/aromatic N) is 1. The van der Waals surface area contributed by atoms with Crippen LogP contribution in [0.25, 0.3) is 9.88 Å². The molecule has 1 aliphatic carbocycles. The van der Waals surface area contributed by atoms with Crippen LogP contribution in [-0.4, -0.2) is 16.1 Å². The van der Waals surface area contributed by atoms with Crippen LogP contribution in [-0.2, 0) is 0 Å². The number of carboxylic acids is 1. The average molecular weight is 365 g/mol. The average Bonchev–Trinajstić information content (AvgIpc) is 2.97. The highest BCUT2D eigenvalue weighted by atomic mass is 79.9. The molecule has 1 fully saturated rings. The minimum atomic E-state index is -0.887. The first-order chi connectivity index (χ1) is 8.56. The second-order valence-corrected chi connectivity index (χ2v) is 7.55. The molecule has 2 aromatic heterocycles. The van der Waals surface area contributed by atoms with Gasteiger partial charge in [0.25, 0.3) is 0 Å². The fraction of sp³-hybridized carbons (Fsp3) is 0.273. The van der Waals surface area contributed by atoms with Gasteiger partial charge in [0.2, 0.25) is 0 Å². The Bertz CT molecular complexity index is 614. The van der Waals surface area contributed by atoms with E-state index in [0.717, 1.165) is 32.9 Å². The highest BCUT2D eigenvalue weighted by molar-refractivity contribution is 9.10. The lowest BCUT2D eigenvalue weighted by atomic mass is 10.2. The molecule has 0 spiro atoms. The SMILES string of the molecule is O=C(O)c1sc(-c2cc(Br)c(Cl)s2)nc1C1CC1. The van der Waals surface area contributed by atoms with Crippen LogP contribution in [0.5, 0.6) is 0 Å². The monoisotopic (exact) mass is 363 g/mol. The fourth-order valence-electron chi connectivity index (χ4n) is 1.68. The first-order valence-electron chi connectivity index (χ1n) is 5.25. The largest absolute Gasteiger partial charge is 0.477 e.